The minimum absolute atomic E-state index is 0.833. The molecule has 0 aliphatic carbocycles. The van der Waals surface area contributed by atoms with Crippen molar-refractivity contribution in [3.8, 4) is 0 Å². The second-order valence-corrected chi connectivity index (χ2v) is 3.91. The van der Waals surface area contributed by atoms with Crippen molar-refractivity contribution >= 4 is 6.03 Å². The van der Waals surface area contributed by atoms with Gasteiger partial charge in [-0.3, -0.25) is 4.90 Å². The summed E-state index contributed by atoms with van der Waals surface area (Å²) in [5, 5.41) is 3.36. The molecule has 1 saturated heterocycles. The average Bonchev–Trinajstić information content (AvgIpc) is 2.31. The van der Waals surface area contributed by atoms with Gasteiger partial charge < -0.3 is 16.8 Å². The van der Waals surface area contributed by atoms with Crippen LogP contribution in [0.2, 0.25) is 0 Å². The number of nitrogens with one attached hydrogen (secondary N) is 1. The highest BCUT2D eigenvalue weighted by atomic mass is 16.2. The zero-order valence-corrected chi connectivity index (χ0v) is 9.93. The van der Waals surface area contributed by atoms with E-state index in [1.165, 1.54) is 18.7 Å². The Balaban J connectivity index is 0.000000317. The van der Waals surface area contributed by atoms with E-state index in [1.54, 1.807) is 0 Å². The van der Waals surface area contributed by atoms with E-state index in [2.05, 4.69) is 52.0 Å². The molecule has 0 bridgehead atoms. The van der Waals surface area contributed by atoms with E-state index in [0.717, 1.165) is 19.6 Å². The molecule has 0 saturated carbocycles. The van der Waals surface area contributed by atoms with Crippen molar-refractivity contribution < 1.29 is 4.79 Å². The number of nitrogens with zero attached hydrogens (tertiary/aromatic N) is 1. The molecule has 0 aromatic heterocycles. The lowest BCUT2D eigenvalue weighted by molar-refractivity contribution is 0.233. The Morgan fingerprint density at radius 2 is 1.71 bits per heavy atom. The van der Waals surface area contributed by atoms with Crippen LogP contribution in [0.3, 0.4) is 0 Å². The molecule has 1 aromatic rings. The number of urea groups is 1. The summed E-state index contributed by atoms with van der Waals surface area (Å²) in [6.07, 6.45) is 0. The fraction of sp³-hybridized carbons (Fsp3) is 0.417. The molecule has 5 heteroatoms. The predicted octanol–water partition coefficient (Wildman–Crippen LogP) is 0.116. The standard InChI is InChI=1S/C11H16N2.CH4N2O/c1-2-4-11(5-3-1)10-13-8-6-12-7-9-13;2-1(3)4/h1-5,12H,6-10H2;(H4,2,3,4). The van der Waals surface area contributed by atoms with Crippen LogP contribution in [0.15, 0.2) is 30.3 Å². The Kier molecular flexibility index (Phi) is 6.06. The van der Waals surface area contributed by atoms with Gasteiger partial charge in [0.1, 0.15) is 0 Å². The third kappa shape index (κ3) is 6.55. The second-order valence-electron chi connectivity index (χ2n) is 3.91. The highest BCUT2D eigenvalue weighted by molar-refractivity contribution is 5.69. The molecule has 1 heterocycles. The smallest absolute Gasteiger partial charge is 0.309 e. The molecule has 2 rings (SSSR count). The van der Waals surface area contributed by atoms with Gasteiger partial charge in [-0.1, -0.05) is 30.3 Å². The Hall–Kier alpha value is -1.59. The molecule has 1 fully saturated rings. The molecule has 2 amide bonds. The van der Waals surface area contributed by atoms with Gasteiger partial charge in [-0.15, -0.1) is 0 Å². The molecule has 1 aliphatic heterocycles. The minimum atomic E-state index is -0.833. The topological polar surface area (TPSA) is 84.4 Å². The van der Waals surface area contributed by atoms with Gasteiger partial charge in [-0.2, -0.15) is 0 Å². The molecule has 1 aromatic carbocycles. The number of carbonyl (C=O) groups excluding carboxylic acids is 1. The predicted molar refractivity (Wildman–Crippen MR) is 68.4 cm³/mol. The SMILES string of the molecule is NC(N)=O.c1ccc(CN2CCNCC2)cc1. The number of hydrogen-bond donors (Lipinski definition) is 3. The highest BCUT2D eigenvalue weighted by Crippen LogP contribution is 2.04. The van der Waals surface area contributed by atoms with Crippen molar-refractivity contribution in [2.24, 2.45) is 11.5 Å². The van der Waals surface area contributed by atoms with Crippen LogP contribution in [0.5, 0.6) is 0 Å². The Morgan fingerprint density at radius 3 is 2.24 bits per heavy atom. The molecule has 5 nitrogen and oxygen atoms in total. The second kappa shape index (κ2) is 7.65. The monoisotopic (exact) mass is 236 g/mol. The van der Waals surface area contributed by atoms with Crippen LogP contribution < -0.4 is 16.8 Å². The molecule has 17 heavy (non-hydrogen) atoms. The summed E-state index contributed by atoms with van der Waals surface area (Å²) in [4.78, 5) is 11.5. The number of benzene rings is 1. The molecule has 0 unspecified atom stereocenters. The van der Waals surface area contributed by atoms with Crippen LogP contribution in [0.1, 0.15) is 5.56 Å². The van der Waals surface area contributed by atoms with Crippen LogP contribution in [0, 0.1) is 0 Å². The van der Waals surface area contributed by atoms with E-state index in [-0.39, 0.29) is 0 Å². The van der Waals surface area contributed by atoms with Crippen LogP contribution in [0.25, 0.3) is 0 Å². The average molecular weight is 236 g/mol. The maximum Gasteiger partial charge on any atom is 0.309 e. The van der Waals surface area contributed by atoms with Crippen LogP contribution in [-0.2, 0) is 6.54 Å². The fourth-order valence-electron chi connectivity index (χ4n) is 1.71. The molecule has 5 N–H and O–H groups in total. The first-order valence-electron chi connectivity index (χ1n) is 5.70. The highest BCUT2D eigenvalue weighted by Gasteiger charge is 2.08. The number of amides is 2. The van der Waals surface area contributed by atoms with Gasteiger partial charge >= 0.3 is 6.03 Å². The zero-order valence-electron chi connectivity index (χ0n) is 9.93. The normalized spacial score (nSPS) is 15.8. The van der Waals surface area contributed by atoms with Crippen LogP contribution >= 0.6 is 0 Å². The third-order valence-electron chi connectivity index (χ3n) is 2.46. The number of carbonyl (C=O) groups is 1. The van der Waals surface area contributed by atoms with Gasteiger partial charge in [0.15, 0.2) is 0 Å². The summed E-state index contributed by atoms with van der Waals surface area (Å²) < 4.78 is 0. The molecule has 94 valence electrons. The molecule has 0 spiro atoms. The van der Waals surface area contributed by atoms with Gasteiger partial charge in [0.25, 0.3) is 0 Å². The Morgan fingerprint density at radius 1 is 1.18 bits per heavy atom. The van der Waals surface area contributed by atoms with Crippen molar-refractivity contribution in [3.05, 3.63) is 35.9 Å². The van der Waals surface area contributed by atoms with Crippen molar-refractivity contribution in [3.63, 3.8) is 0 Å². The lowest BCUT2D eigenvalue weighted by Gasteiger charge is -2.27. The first-order chi connectivity index (χ1) is 8.18. The summed E-state index contributed by atoms with van der Waals surface area (Å²) in [5.41, 5.74) is 9.92. The lowest BCUT2D eigenvalue weighted by atomic mass is 10.2. The first kappa shape index (κ1) is 13.5. The van der Waals surface area contributed by atoms with Gasteiger partial charge in [-0.25, -0.2) is 4.79 Å². The van der Waals surface area contributed by atoms with Crippen LogP contribution in [0.4, 0.5) is 4.79 Å². The van der Waals surface area contributed by atoms with Crippen molar-refractivity contribution in [2.75, 3.05) is 26.2 Å². The summed E-state index contributed by atoms with van der Waals surface area (Å²) >= 11 is 0. The van der Waals surface area contributed by atoms with Gasteiger partial charge in [-0.05, 0) is 5.56 Å². The summed E-state index contributed by atoms with van der Waals surface area (Å²) in [7, 11) is 0. The summed E-state index contributed by atoms with van der Waals surface area (Å²) in [5.74, 6) is 0. The zero-order chi connectivity index (χ0) is 12.5. The van der Waals surface area contributed by atoms with Gasteiger partial charge in [0.05, 0.1) is 0 Å². The van der Waals surface area contributed by atoms with Gasteiger partial charge in [0.2, 0.25) is 0 Å². The maximum atomic E-state index is 9.00. The van der Waals surface area contributed by atoms with E-state index in [9.17, 15) is 0 Å². The number of rotatable bonds is 2. The third-order valence-corrected chi connectivity index (χ3v) is 2.46. The maximum absolute atomic E-state index is 9.00. The lowest BCUT2D eigenvalue weighted by Crippen LogP contribution is -2.42. The van der Waals surface area contributed by atoms with Gasteiger partial charge in [0, 0.05) is 32.7 Å². The van der Waals surface area contributed by atoms with Crippen molar-refractivity contribution in [1.82, 2.24) is 10.2 Å². The van der Waals surface area contributed by atoms with Crippen molar-refractivity contribution in [1.29, 1.82) is 0 Å². The number of nitrogens with two attached hydrogens (primary N) is 2. The number of piperazine rings is 1. The fourth-order valence-corrected chi connectivity index (χ4v) is 1.71. The summed E-state index contributed by atoms with van der Waals surface area (Å²) in [6, 6.07) is 9.85. The molecular weight excluding hydrogens is 216 g/mol. The summed E-state index contributed by atoms with van der Waals surface area (Å²) in [6.45, 7) is 5.71. The number of hydrogen-bond acceptors (Lipinski definition) is 3. The molecule has 0 radical (unpaired) electrons. The van der Waals surface area contributed by atoms with Crippen molar-refractivity contribution in [2.45, 2.75) is 6.54 Å². The largest absolute Gasteiger partial charge is 0.352 e. The molecular formula is C12H20N4O. The minimum Gasteiger partial charge on any atom is -0.352 e. The van der Waals surface area contributed by atoms with E-state index < -0.39 is 6.03 Å². The Labute approximate surface area is 102 Å². The van der Waals surface area contributed by atoms with E-state index in [1.807, 2.05) is 0 Å². The quantitative estimate of drug-likeness (QED) is 0.681. The Bertz CT molecular complexity index is 319. The molecule has 0 atom stereocenters. The van der Waals surface area contributed by atoms with E-state index >= 15 is 0 Å². The number of primary amides is 2. The van der Waals surface area contributed by atoms with Crippen LogP contribution in [-0.4, -0.2) is 37.1 Å². The van der Waals surface area contributed by atoms with E-state index in [0.29, 0.717) is 0 Å². The molecule has 1 aliphatic rings. The first-order valence-corrected chi connectivity index (χ1v) is 5.70. The van der Waals surface area contributed by atoms with E-state index in [4.69, 9.17) is 4.79 Å².